The van der Waals surface area contributed by atoms with Gasteiger partial charge in [0.15, 0.2) is 5.69 Å². The number of halogens is 3. The minimum absolute atomic E-state index is 0.0184. The molecule has 0 bridgehead atoms. The number of unbranched alkanes of at least 4 members (excludes halogenated alkanes) is 1. The van der Waals surface area contributed by atoms with Gasteiger partial charge in [-0.2, -0.15) is 0 Å². The average Bonchev–Trinajstić information content (AvgIpc) is 3.29. The van der Waals surface area contributed by atoms with Gasteiger partial charge in [-0.15, -0.1) is 18.3 Å². The molecular weight excluding hydrogens is 493 g/mol. The smallest absolute Gasteiger partial charge is 0.406 e. The monoisotopic (exact) mass is 520 g/mol. The van der Waals surface area contributed by atoms with Gasteiger partial charge in [0.2, 0.25) is 5.91 Å². The zero-order chi connectivity index (χ0) is 27.0. The summed E-state index contributed by atoms with van der Waals surface area (Å²) >= 11 is 0. The van der Waals surface area contributed by atoms with Gasteiger partial charge in [0, 0.05) is 43.5 Å². The molecule has 37 heavy (non-hydrogen) atoms. The number of anilines is 1. The molecule has 0 spiro atoms. The molecule has 0 fully saturated rings. The van der Waals surface area contributed by atoms with Crippen LogP contribution in [-0.2, 0) is 24.4 Å². The van der Waals surface area contributed by atoms with E-state index in [-0.39, 0.29) is 35.4 Å². The van der Waals surface area contributed by atoms with Crippen LogP contribution in [0.25, 0.3) is 0 Å². The largest absolute Gasteiger partial charge is 0.573 e. The summed E-state index contributed by atoms with van der Waals surface area (Å²) in [5.74, 6) is -1.25. The topological polar surface area (TPSA) is 120 Å². The fraction of sp³-hybridized carbons (Fsp3) is 0.375. The minimum Gasteiger partial charge on any atom is -0.406 e. The molecule has 0 aliphatic carbocycles. The number of benzene rings is 1. The highest BCUT2D eigenvalue weighted by Crippen LogP contribution is 2.23. The molecular formula is C24H27F3N6O4. The van der Waals surface area contributed by atoms with Gasteiger partial charge >= 0.3 is 6.36 Å². The molecule has 2 aromatic heterocycles. The maximum absolute atomic E-state index is 12.4. The summed E-state index contributed by atoms with van der Waals surface area (Å²) in [6, 6.07) is 8.35. The second kappa shape index (κ2) is 12.2. The number of carbonyl (C=O) groups excluding carboxylic acids is 2. The van der Waals surface area contributed by atoms with Crippen LogP contribution >= 0.6 is 0 Å². The van der Waals surface area contributed by atoms with Gasteiger partial charge in [-0.1, -0.05) is 31.2 Å². The van der Waals surface area contributed by atoms with E-state index in [9.17, 15) is 27.6 Å². The zero-order valence-electron chi connectivity index (χ0n) is 20.3. The molecule has 0 unspecified atom stereocenters. The molecule has 0 saturated carbocycles. The Bertz CT molecular complexity index is 1290. The molecule has 2 N–H and O–H groups in total. The van der Waals surface area contributed by atoms with Crippen molar-refractivity contribution in [2.75, 3.05) is 5.32 Å². The van der Waals surface area contributed by atoms with Crippen LogP contribution in [0.4, 0.5) is 18.9 Å². The molecule has 0 aliphatic rings. The van der Waals surface area contributed by atoms with Gasteiger partial charge < -0.3 is 19.9 Å². The lowest BCUT2D eigenvalue weighted by atomic mass is 10.2. The summed E-state index contributed by atoms with van der Waals surface area (Å²) in [6.45, 7) is 4.45. The lowest BCUT2D eigenvalue weighted by molar-refractivity contribution is -0.274. The van der Waals surface area contributed by atoms with Crippen molar-refractivity contribution in [3.05, 3.63) is 70.4 Å². The molecule has 10 nitrogen and oxygen atoms in total. The molecule has 0 radical (unpaired) electrons. The van der Waals surface area contributed by atoms with Crippen LogP contribution in [0.3, 0.4) is 0 Å². The van der Waals surface area contributed by atoms with E-state index in [0.717, 1.165) is 0 Å². The number of amides is 2. The lowest BCUT2D eigenvalue weighted by Gasteiger charge is -2.10. The second-order valence-electron chi connectivity index (χ2n) is 8.54. The fourth-order valence-corrected chi connectivity index (χ4v) is 3.25. The Balaban J connectivity index is 1.43. The van der Waals surface area contributed by atoms with Crippen molar-refractivity contribution < 1.29 is 27.5 Å². The second-order valence-corrected chi connectivity index (χ2v) is 8.54. The minimum atomic E-state index is -4.80. The van der Waals surface area contributed by atoms with Crippen LogP contribution in [-0.4, -0.2) is 37.7 Å². The number of nitrogens with zero attached hydrogens (tertiary/aromatic N) is 4. The Hall–Kier alpha value is -4.16. The number of aryl methyl sites for hydroxylation is 2. The van der Waals surface area contributed by atoms with Gasteiger partial charge in [0.05, 0.1) is 6.20 Å². The van der Waals surface area contributed by atoms with Crippen LogP contribution in [0.15, 0.2) is 53.6 Å². The van der Waals surface area contributed by atoms with E-state index in [1.165, 1.54) is 35.1 Å². The van der Waals surface area contributed by atoms with Crippen LogP contribution in [0.2, 0.25) is 0 Å². The van der Waals surface area contributed by atoms with Crippen molar-refractivity contribution in [3.63, 3.8) is 0 Å². The van der Waals surface area contributed by atoms with Crippen molar-refractivity contribution in [2.24, 2.45) is 5.92 Å². The van der Waals surface area contributed by atoms with Crippen molar-refractivity contribution in [3.8, 4) is 5.75 Å². The number of carbonyl (C=O) groups is 2. The molecule has 198 valence electrons. The number of pyridine rings is 1. The Kier molecular flexibility index (Phi) is 9.04. The van der Waals surface area contributed by atoms with Gasteiger partial charge in [-0.25, -0.2) is 0 Å². The molecule has 0 atom stereocenters. The summed E-state index contributed by atoms with van der Waals surface area (Å²) < 4.78 is 44.0. The van der Waals surface area contributed by atoms with Gasteiger partial charge in [-0.05, 0) is 36.6 Å². The molecule has 3 rings (SSSR count). The Morgan fingerprint density at radius 2 is 1.86 bits per heavy atom. The molecule has 0 aliphatic heterocycles. The summed E-state index contributed by atoms with van der Waals surface area (Å²) in [5.41, 5.74) is 0.721. The average molecular weight is 521 g/mol. The normalized spacial score (nSPS) is 11.4. The third-order valence-corrected chi connectivity index (χ3v) is 5.18. The van der Waals surface area contributed by atoms with Gasteiger partial charge in [0.25, 0.3) is 11.5 Å². The maximum Gasteiger partial charge on any atom is 0.573 e. The van der Waals surface area contributed by atoms with E-state index in [4.69, 9.17) is 0 Å². The zero-order valence-corrected chi connectivity index (χ0v) is 20.3. The molecule has 1 aromatic carbocycles. The van der Waals surface area contributed by atoms with Gasteiger partial charge in [-0.3, -0.25) is 19.1 Å². The summed E-state index contributed by atoms with van der Waals surface area (Å²) in [5, 5.41) is 13.0. The van der Waals surface area contributed by atoms with Crippen LogP contribution in [0.1, 0.15) is 42.7 Å². The van der Waals surface area contributed by atoms with Crippen molar-refractivity contribution >= 4 is 17.5 Å². The third-order valence-electron chi connectivity index (χ3n) is 5.18. The van der Waals surface area contributed by atoms with Crippen molar-refractivity contribution in [1.29, 1.82) is 0 Å². The third kappa shape index (κ3) is 8.78. The summed E-state index contributed by atoms with van der Waals surface area (Å²) in [7, 11) is 0. The Morgan fingerprint density at radius 3 is 2.57 bits per heavy atom. The fourth-order valence-electron chi connectivity index (χ4n) is 3.25. The lowest BCUT2D eigenvalue weighted by Crippen LogP contribution is -2.23. The van der Waals surface area contributed by atoms with Crippen LogP contribution in [0, 0.1) is 5.92 Å². The number of alkyl halides is 3. The van der Waals surface area contributed by atoms with E-state index in [0.29, 0.717) is 37.2 Å². The highest BCUT2D eigenvalue weighted by Gasteiger charge is 2.31. The van der Waals surface area contributed by atoms with Gasteiger partial charge in [0.1, 0.15) is 5.75 Å². The predicted octanol–water partition coefficient (Wildman–Crippen LogP) is 3.34. The molecule has 2 amide bonds. The van der Waals surface area contributed by atoms with Crippen molar-refractivity contribution in [2.45, 2.75) is 52.7 Å². The molecule has 13 heteroatoms. The first-order chi connectivity index (χ1) is 17.5. The number of nitrogens with one attached hydrogen (secondary N) is 2. The van der Waals surface area contributed by atoms with Crippen LogP contribution in [0.5, 0.6) is 5.75 Å². The van der Waals surface area contributed by atoms with E-state index < -0.39 is 12.3 Å². The highest BCUT2D eigenvalue weighted by atomic mass is 19.4. The number of ether oxygens (including phenoxy) is 1. The first-order valence-corrected chi connectivity index (χ1v) is 11.5. The quantitative estimate of drug-likeness (QED) is 0.374. The summed E-state index contributed by atoms with van der Waals surface area (Å²) in [6.07, 6.45) is -0.380. The van der Waals surface area contributed by atoms with E-state index in [1.54, 1.807) is 36.7 Å². The number of rotatable bonds is 11. The molecule has 3 aromatic rings. The van der Waals surface area contributed by atoms with Crippen LogP contribution < -0.4 is 20.9 Å². The van der Waals surface area contributed by atoms with Crippen molar-refractivity contribution in [1.82, 2.24) is 24.9 Å². The molecule has 0 saturated heterocycles. The number of aromatic nitrogens is 4. The number of hydrogen-bond acceptors (Lipinski definition) is 6. The van der Waals surface area contributed by atoms with E-state index >= 15 is 0 Å². The first-order valence-electron chi connectivity index (χ1n) is 11.5. The predicted molar refractivity (Wildman–Crippen MR) is 128 cm³/mol. The first kappa shape index (κ1) is 27.4. The highest BCUT2D eigenvalue weighted by molar-refractivity contribution is 5.92. The number of hydrogen-bond donors (Lipinski definition) is 2. The van der Waals surface area contributed by atoms with E-state index in [2.05, 4.69) is 25.7 Å². The standard InChI is InChI=1S/C24H27F3N6O4/c1-16(2)22(35)29-18-8-11-32(21(34)13-18)9-3-4-10-33-15-20(30-31-33)23(36)28-14-17-6-5-7-19(12-17)37-24(25,26)27/h5-8,11-13,15-16H,3-4,9-10,14H2,1-2H3,(H,28,36)(H,29,35). The maximum atomic E-state index is 12.4. The SMILES string of the molecule is CC(C)C(=O)Nc1ccn(CCCCn2cc(C(=O)NCc3cccc(OC(F)(F)F)c3)nn2)c(=O)c1. The Labute approximate surface area is 210 Å². The Morgan fingerprint density at radius 1 is 1.11 bits per heavy atom. The van der Waals surface area contributed by atoms with E-state index in [1.807, 2.05) is 0 Å². The summed E-state index contributed by atoms with van der Waals surface area (Å²) in [4.78, 5) is 36.3. The molecule has 2 heterocycles.